The molecule has 0 bridgehead atoms. The van der Waals surface area contributed by atoms with Gasteiger partial charge in [-0.15, -0.1) is 0 Å². The molecule has 0 atom stereocenters. The first-order chi connectivity index (χ1) is 9.48. The van der Waals surface area contributed by atoms with E-state index in [-0.39, 0.29) is 4.90 Å². The zero-order valence-corrected chi connectivity index (χ0v) is 14.3. The molecule has 1 N–H and O–H groups in total. The number of hydrogen-bond donors (Lipinski definition) is 1. The third kappa shape index (κ3) is 3.27. The van der Waals surface area contributed by atoms with Gasteiger partial charge in [-0.1, -0.05) is 13.3 Å². The Labute approximate surface area is 128 Å². The van der Waals surface area contributed by atoms with Crippen molar-refractivity contribution in [3.63, 3.8) is 0 Å². The van der Waals surface area contributed by atoms with Crippen molar-refractivity contribution in [1.29, 1.82) is 0 Å². The smallest absolute Gasteiger partial charge is 0.247 e. The van der Waals surface area contributed by atoms with Crippen LogP contribution in [0.1, 0.15) is 31.9 Å². The lowest BCUT2D eigenvalue weighted by atomic mass is 9.96. The van der Waals surface area contributed by atoms with Gasteiger partial charge in [0.05, 0.1) is 6.54 Å². The molecule has 1 saturated heterocycles. The van der Waals surface area contributed by atoms with Crippen molar-refractivity contribution < 1.29 is 12.8 Å². The van der Waals surface area contributed by atoms with Gasteiger partial charge >= 0.3 is 0 Å². The van der Waals surface area contributed by atoms with Crippen molar-refractivity contribution in [2.45, 2.75) is 37.6 Å². The number of furan rings is 1. The van der Waals surface area contributed by atoms with Gasteiger partial charge in [0.2, 0.25) is 10.0 Å². The van der Waals surface area contributed by atoms with E-state index in [1.165, 1.54) is 0 Å². The van der Waals surface area contributed by atoms with Crippen LogP contribution in [0.5, 0.6) is 0 Å². The van der Waals surface area contributed by atoms with Crippen molar-refractivity contribution in [2.75, 3.05) is 20.1 Å². The molecule has 1 aromatic heterocycles. The Morgan fingerprint density at radius 2 is 2.10 bits per heavy atom. The second-order valence-corrected chi connectivity index (χ2v) is 7.76. The largest absolute Gasteiger partial charge is 0.452 e. The summed E-state index contributed by atoms with van der Waals surface area (Å²) in [5, 5.41) is 2.95. The van der Waals surface area contributed by atoms with Crippen LogP contribution in [-0.2, 0) is 16.6 Å². The molecule has 0 unspecified atom stereocenters. The summed E-state index contributed by atoms with van der Waals surface area (Å²) in [7, 11) is -1.67. The zero-order chi connectivity index (χ0) is 14.8. The third-order valence-electron chi connectivity index (χ3n) is 3.83. The maximum absolute atomic E-state index is 12.6. The Kier molecular flexibility index (Phi) is 5.28. The van der Waals surface area contributed by atoms with Gasteiger partial charge in [-0.25, -0.2) is 8.42 Å². The lowest BCUT2D eigenvalue weighted by Gasteiger charge is -2.30. The number of halogens is 1. The summed E-state index contributed by atoms with van der Waals surface area (Å²) in [5.41, 5.74) is 0. The summed E-state index contributed by atoms with van der Waals surface area (Å²) in [4.78, 5) is 0.234. The second kappa shape index (κ2) is 6.60. The van der Waals surface area contributed by atoms with Crippen LogP contribution in [0.15, 0.2) is 20.0 Å². The summed E-state index contributed by atoms with van der Waals surface area (Å²) >= 11 is 3.21. The summed E-state index contributed by atoms with van der Waals surface area (Å²) in [5.74, 6) is 1.26. The molecule has 1 fully saturated rings. The van der Waals surface area contributed by atoms with Gasteiger partial charge in [0, 0.05) is 19.2 Å². The molecule has 2 rings (SSSR count). The second-order valence-electron chi connectivity index (χ2n) is 5.14. The Balaban J connectivity index is 2.18. The van der Waals surface area contributed by atoms with E-state index in [9.17, 15) is 8.42 Å². The minimum Gasteiger partial charge on any atom is -0.452 e. The molecular weight excluding hydrogens is 344 g/mol. The predicted octanol–water partition coefficient (Wildman–Crippen LogP) is 2.57. The van der Waals surface area contributed by atoms with Gasteiger partial charge in [0.25, 0.3) is 0 Å². The van der Waals surface area contributed by atoms with Crippen molar-refractivity contribution in [3.8, 4) is 0 Å². The van der Waals surface area contributed by atoms with Crippen LogP contribution in [0, 0.1) is 5.92 Å². The Bertz CT molecular complexity index is 548. The van der Waals surface area contributed by atoms with Crippen LogP contribution >= 0.6 is 15.9 Å². The molecule has 7 heteroatoms. The first-order valence-corrected chi connectivity index (χ1v) is 9.15. The SMILES string of the molecule is CCC1CCN(S(=O)(=O)c2cc(CNC)oc2Br)CC1. The van der Waals surface area contributed by atoms with E-state index in [0.29, 0.717) is 36.0 Å². The van der Waals surface area contributed by atoms with Gasteiger partial charge in [-0.05, 0) is 41.7 Å². The number of sulfonamides is 1. The van der Waals surface area contributed by atoms with E-state index in [2.05, 4.69) is 28.2 Å². The topological polar surface area (TPSA) is 62.6 Å². The highest BCUT2D eigenvalue weighted by Crippen LogP contribution is 2.31. The Morgan fingerprint density at radius 3 is 2.65 bits per heavy atom. The van der Waals surface area contributed by atoms with E-state index in [1.54, 1.807) is 17.4 Å². The lowest BCUT2D eigenvalue weighted by molar-refractivity contribution is 0.268. The minimum absolute atomic E-state index is 0.234. The summed E-state index contributed by atoms with van der Waals surface area (Å²) < 4.78 is 32.6. The maximum atomic E-state index is 12.6. The normalized spacial score (nSPS) is 18.6. The fourth-order valence-corrected chi connectivity index (χ4v) is 4.96. The minimum atomic E-state index is -3.46. The number of nitrogens with one attached hydrogen (secondary N) is 1. The summed E-state index contributed by atoms with van der Waals surface area (Å²) in [6.45, 7) is 3.86. The highest BCUT2D eigenvalue weighted by molar-refractivity contribution is 9.10. The summed E-state index contributed by atoms with van der Waals surface area (Å²) in [6.07, 6.45) is 3.00. The molecule has 0 spiro atoms. The summed E-state index contributed by atoms with van der Waals surface area (Å²) in [6, 6.07) is 1.60. The molecule has 1 aromatic rings. The lowest BCUT2D eigenvalue weighted by Crippen LogP contribution is -2.38. The fraction of sp³-hybridized carbons (Fsp3) is 0.692. The average Bonchev–Trinajstić information content (AvgIpc) is 2.81. The number of piperidine rings is 1. The molecule has 114 valence electrons. The fourth-order valence-electron chi connectivity index (χ4n) is 2.53. The van der Waals surface area contributed by atoms with Crippen molar-refractivity contribution in [3.05, 3.63) is 16.5 Å². The van der Waals surface area contributed by atoms with E-state index in [4.69, 9.17) is 4.42 Å². The van der Waals surface area contributed by atoms with Gasteiger partial charge in [0.15, 0.2) is 4.67 Å². The molecule has 5 nitrogen and oxygen atoms in total. The van der Waals surface area contributed by atoms with Crippen LogP contribution in [-0.4, -0.2) is 32.9 Å². The highest BCUT2D eigenvalue weighted by Gasteiger charge is 2.32. The van der Waals surface area contributed by atoms with Crippen molar-refractivity contribution in [2.24, 2.45) is 5.92 Å². The molecule has 0 saturated carbocycles. The van der Waals surface area contributed by atoms with Crippen LogP contribution in [0.2, 0.25) is 0 Å². The van der Waals surface area contributed by atoms with Gasteiger partial charge in [-0.3, -0.25) is 0 Å². The molecular formula is C13H21BrN2O3S. The molecule has 0 aromatic carbocycles. The van der Waals surface area contributed by atoms with Crippen LogP contribution in [0.4, 0.5) is 0 Å². The van der Waals surface area contributed by atoms with Crippen LogP contribution < -0.4 is 5.32 Å². The number of rotatable bonds is 5. The number of hydrogen-bond acceptors (Lipinski definition) is 4. The standard InChI is InChI=1S/C13H21BrN2O3S/c1-3-10-4-6-16(7-5-10)20(17,18)12-8-11(9-15-2)19-13(12)14/h8,10,15H,3-7,9H2,1-2H3. The van der Waals surface area contributed by atoms with Gasteiger partial charge in [0.1, 0.15) is 10.7 Å². The average molecular weight is 365 g/mol. The number of nitrogens with zero attached hydrogens (tertiary/aromatic N) is 1. The Hall–Kier alpha value is -0.370. The van der Waals surface area contributed by atoms with E-state index in [1.807, 2.05) is 0 Å². The van der Waals surface area contributed by atoms with E-state index in [0.717, 1.165) is 19.3 Å². The quantitative estimate of drug-likeness (QED) is 0.871. The molecule has 0 radical (unpaired) electrons. The molecule has 0 amide bonds. The van der Waals surface area contributed by atoms with E-state index < -0.39 is 10.0 Å². The maximum Gasteiger partial charge on any atom is 0.247 e. The van der Waals surface area contributed by atoms with Gasteiger partial charge in [-0.2, -0.15) is 4.31 Å². The zero-order valence-electron chi connectivity index (χ0n) is 11.9. The van der Waals surface area contributed by atoms with Crippen molar-refractivity contribution >= 4 is 26.0 Å². The van der Waals surface area contributed by atoms with Crippen molar-refractivity contribution in [1.82, 2.24) is 9.62 Å². The Morgan fingerprint density at radius 1 is 1.45 bits per heavy atom. The molecule has 1 aliphatic heterocycles. The van der Waals surface area contributed by atoms with Gasteiger partial charge < -0.3 is 9.73 Å². The monoisotopic (exact) mass is 364 g/mol. The molecule has 20 heavy (non-hydrogen) atoms. The third-order valence-corrected chi connectivity index (χ3v) is 6.58. The van der Waals surface area contributed by atoms with Crippen LogP contribution in [0.3, 0.4) is 0 Å². The highest BCUT2D eigenvalue weighted by atomic mass is 79.9. The molecule has 2 heterocycles. The molecule has 1 aliphatic rings. The first kappa shape index (κ1) is 16.0. The van der Waals surface area contributed by atoms with E-state index >= 15 is 0 Å². The predicted molar refractivity (Wildman–Crippen MR) is 80.9 cm³/mol. The molecule has 0 aliphatic carbocycles. The first-order valence-electron chi connectivity index (χ1n) is 6.92. The van der Waals surface area contributed by atoms with Crippen LogP contribution in [0.25, 0.3) is 0 Å².